The number of rotatable bonds is 5. The first-order valence-corrected chi connectivity index (χ1v) is 11.4. The van der Waals surface area contributed by atoms with E-state index in [2.05, 4.69) is 37.4 Å². The number of carbonyl (C=O) groups excluding carboxylic acids is 1. The minimum absolute atomic E-state index is 0.196. The molecule has 0 fully saturated rings. The summed E-state index contributed by atoms with van der Waals surface area (Å²) >= 11 is 0. The van der Waals surface area contributed by atoms with Gasteiger partial charge in [0.1, 0.15) is 0 Å². The van der Waals surface area contributed by atoms with Gasteiger partial charge in [-0.05, 0) is 76.1 Å². The van der Waals surface area contributed by atoms with Crippen LogP contribution in [0.15, 0.2) is 61.3 Å². The van der Waals surface area contributed by atoms with Gasteiger partial charge < -0.3 is 15.2 Å². The van der Waals surface area contributed by atoms with Crippen molar-refractivity contribution in [3.63, 3.8) is 0 Å². The lowest BCUT2D eigenvalue weighted by Gasteiger charge is -2.11. The quantitative estimate of drug-likeness (QED) is 0.403. The van der Waals surface area contributed by atoms with E-state index in [1.165, 1.54) is 0 Å². The number of nitrogens with one attached hydrogen (secondary N) is 2. The van der Waals surface area contributed by atoms with Crippen molar-refractivity contribution in [3.05, 3.63) is 94.8 Å². The Morgan fingerprint density at radius 3 is 2.43 bits per heavy atom. The smallest absolute Gasteiger partial charge is 0.255 e. The van der Waals surface area contributed by atoms with E-state index in [0.717, 1.165) is 33.8 Å². The van der Waals surface area contributed by atoms with Gasteiger partial charge in [-0.1, -0.05) is 17.9 Å². The van der Waals surface area contributed by atoms with Gasteiger partial charge in [0.2, 0.25) is 5.95 Å². The van der Waals surface area contributed by atoms with E-state index in [1.54, 1.807) is 24.8 Å². The lowest BCUT2D eigenvalue weighted by Crippen LogP contribution is -2.12. The number of aryl methyl sites for hydroxylation is 3. The Morgan fingerprint density at radius 2 is 1.74 bits per heavy atom. The van der Waals surface area contributed by atoms with Crippen LogP contribution < -0.4 is 10.6 Å². The first-order valence-electron chi connectivity index (χ1n) is 11.4. The van der Waals surface area contributed by atoms with Crippen molar-refractivity contribution in [2.24, 2.45) is 0 Å². The van der Waals surface area contributed by atoms with Crippen LogP contribution >= 0.6 is 0 Å². The number of anilines is 2. The number of imidazole rings is 1. The van der Waals surface area contributed by atoms with Crippen LogP contribution in [0.1, 0.15) is 52.2 Å². The summed E-state index contributed by atoms with van der Waals surface area (Å²) in [5, 5.41) is 6.16. The van der Waals surface area contributed by atoms with E-state index in [-0.39, 0.29) is 11.9 Å². The van der Waals surface area contributed by atoms with E-state index in [4.69, 9.17) is 0 Å². The molecule has 0 aliphatic carbocycles. The van der Waals surface area contributed by atoms with Gasteiger partial charge in [-0.2, -0.15) is 0 Å². The number of hydrogen-bond acceptors (Lipinski definition) is 5. The van der Waals surface area contributed by atoms with Gasteiger partial charge in [-0.15, -0.1) is 0 Å². The molecule has 35 heavy (non-hydrogen) atoms. The van der Waals surface area contributed by atoms with Crippen LogP contribution in [0.5, 0.6) is 0 Å². The van der Waals surface area contributed by atoms with E-state index < -0.39 is 0 Å². The highest BCUT2D eigenvalue weighted by Crippen LogP contribution is 2.20. The minimum Gasteiger partial charge on any atom is -0.352 e. The Bertz CT molecular complexity index is 1420. The Labute approximate surface area is 205 Å². The Kier molecular flexibility index (Phi) is 6.93. The highest BCUT2D eigenvalue weighted by atomic mass is 16.1. The molecule has 0 unspecified atom stereocenters. The van der Waals surface area contributed by atoms with Gasteiger partial charge >= 0.3 is 0 Å². The fourth-order valence-electron chi connectivity index (χ4n) is 3.51. The third-order valence-electron chi connectivity index (χ3n) is 5.24. The van der Waals surface area contributed by atoms with Crippen molar-refractivity contribution in [1.29, 1.82) is 0 Å². The number of hydrogen-bond donors (Lipinski definition) is 2. The average Bonchev–Trinajstić information content (AvgIpc) is 3.25. The summed E-state index contributed by atoms with van der Waals surface area (Å²) in [7, 11) is 0. The third-order valence-corrected chi connectivity index (χ3v) is 5.24. The molecule has 0 bridgehead atoms. The first-order chi connectivity index (χ1) is 16.8. The average molecular weight is 465 g/mol. The lowest BCUT2D eigenvalue weighted by molar-refractivity contribution is 0.102. The summed E-state index contributed by atoms with van der Waals surface area (Å²) in [4.78, 5) is 25.9. The van der Waals surface area contributed by atoms with E-state index in [9.17, 15) is 4.79 Å². The van der Waals surface area contributed by atoms with Crippen LogP contribution in [0.2, 0.25) is 0 Å². The Balaban J connectivity index is 1.53. The molecule has 4 aromatic rings. The SMILES string of the molecule is Cc1cc(NC(=O)c2ccc(C)c(C#Cc3cnc(NC(C)C)nc3)c2)cc(-n2cnc(C)c2)c1. The van der Waals surface area contributed by atoms with Crippen molar-refractivity contribution < 1.29 is 4.79 Å². The minimum atomic E-state index is -0.196. The molecule has 7 heteroatoms. The van der Waals surface area contributed by atoms with Gasteiger partial charge in [0, 0.05) is 47.1 Å². The fraction of sp³-hybridized carbons (Fsp3) is 0.214. The molecule has 0 saturated carbocycles. The summed E-state index contributed by atoms with van der Waals surface area (Å²) in [5.41, 5.74) is 6.63. The number of benzene rings is 2. The number of amides is 1. The molecule has 4 rings (SSSR count). The molecule has 0 atom stereocenters. The van der Waals surface area contributed by atoms with Gasteiger partial charge in [-0.25, -0.2) is 15.0 Å². The fourth-order valence-corrected chi connectivity index (χ4v) is 3.51. The molecule has 2 N–H and O–H groups in total. The summed E-state index contributed by atoms with van der Waals surface area (Å²) in [6.45, 7) is 9.97. The largest absolute Gasteiger partial charge is 0.352 e. The van der Waals surface area contributed by atoms with Crippen LogP contribution in [0.25, 0.3) is 5.69 Å². The molecule has 0 saturated heterocycles. The normalized spacial score (nSPS) is 10.6. The second-order valence-corrected chi connectivity index (χ2v) is 8.81. The highest BCUT2D eigenvalue weighted by molar-refractivity contribution is 6.04. The van der Waals surface area contributed by atoms with Crippen molar-refractivity contribution in [2.75, 3.05) is 10.6 Å². The van der Waals surface area contributed by atoms with Gasteiger partial charge in [0.15, 0.2) is 0 Å². The molecule has 1 amide bonds. The molecule has 0 aliphatic heterocycles. The third kappa shape index (κ3) is 6.12. The van der Waals surface area contributed by atoms with Crippen LogP contribution in [0, 0.1) is 32.6 Å². The molecule has 2 aromatic carbocycles. The molecule has 0 radical (unpaired) electrons. The zero-order chi connectivity index (χ0) is 24.9. The highest BCUT2D eigenvalue weighted by Gasteiger charge is 2.10. The second-order valence-electron chi connectivity index (χ2n) is 8.81. The topological polar surface area (TPSA) is 84.7 Å². The monoisotopic (exact) mass is 464 g/mol. The lowest BCUT2D eigenvalue weighted by atomic mass is 10.0. The number of nitrogens with zero attached hydrogens (tertiary/aromatic N) is 4. The molecule has 0 spiro atoms. The first kappa shape index (κ1) is 23.7. The van der Waals surface area contributed by atoms with Crippen LogP contribution in [-0.2, 0) is 0 Å². The summed E-state index contributed by atoms with van der Waals surface area (Å²) in [6, 6.07) is 11.7. The van der Waals surface area contributed by atoms with Crippen LogP contribution in [0.4, 0.5) is 11.6 Å². The van der Waals surface area contributed by atoms with E-state index in [0.29, 0.717) is 17.1 Å². The molecular formula is C28H28N6O. The maximum atomic E-state index is 13.0. The zero-order valence-corrected chi connectivity index (χ0v) is 20.5. The molecule has 176 valence electrons. The standard InChI is InChI=1S/C28H28N6O/c1-18(2)32-28-29-14-22(15-30-28)7-9-23-12-24(8-6-20(23)4)27(35)33-25-10-19(3)11-26(13-25)34-16-21(5)31-17-34/h6,8,10-18H,1-5H3,(H,33,35)(H,29,30,32). The number of carbonyl (C=O) groups is 1. The zero-order valence-electron chi connectivity index (χ0n) is 20.5. The maximum absolute atomic E-state index is 13.0. The van der Waals surface area contributed by atoms with Gasteiger partial charge in [0.05, 0.1) is 17.6 Å². The van der Waals surface area contributed by atoms with Gasteiger partial charge in [-0.3, -0.25) is 4.79 Å². The van der Waals surface area contributed by atoms with Crippen molar-refractivity contribution in [2.45, 2.75) is 40.7 Å². The van der Waals surface area contributed by atoms with Crippen LogP contribution in [0.3, 0.4) is 0 Å². The number of aromatic nitrogens is 4. The summed E-state index contributed by atoms with van der Waals surface area (Å²) in [5.74, 6) is 6.62. The van der Waals surface area contributed by atoms with Crippen molar-refractivity contribution >= 4 is 17.5 Å². The Hall–Kier alpha value is -4.44. The van der Waals surface area contributed by atoms with Crippen molar-refractivity contribution in [1.82, 2.24) is 19.5 Å². The summed E-state index contributed by atoms with van der Waals surface area (Å²) in [6.07, 6.45) is 7.09. The van der Waals surface area contributed by atoms with Crippen LogP contribution in [-0.4, -0.2) is 31.5 Å². The molecule has 7 nitrogen and oxygen atoms in total. The van der Waals surface area contributed by atoms with Gasteiger partial charge in [0.25, 0.3) is 5.91 Å². The molecule has 2 heterocycles. The second kappa shape index (κ2) is 10.2. The molecule has 0 aliphatic rings. The van der Waals surface area contributed by atoms with Crippen molar-refractivity contribution in [3.8, 4) is 17.5 Å². The molecular weight excluding hydrogens is 436 g/mol. The van der Waals surface area contributed by atoms with E-state index in [1.807, 2.05) is 75.7 Å². The predicted octanol–water partition coefficient (Wildman–Crippen LogP) is 5.06. The maximum Gasteiger partial charge on any atom is 0.255 e. The molecule has 2 aromatic heterocycles. The van der Waals surface area contributed by atoms with E-state index >= 15 is 0 Å². The summed E-state index contributed by atoms with van der Waals surface area (Å²) < 4.78 is 1.94. The Morgan fingerprint density at radius 1 is 0.971 bits per heavy atom. The predicted molar refractivity (Wildman–Crippen MR) is 139 cm³/mol.